The molecular weight excluding hydrogens is 328 g/mol. The van der Waals surface area contributed by atoms with Crippen LogP contribution in [-0.4, -0.2) is 35.6 Å². The van der Waals surface area contributed by atoms with Gasteiger partial charge in [-0.15, -0.1) is 0 Å². The van der Waals surface area contributed by atoms with Crippen molar-refractivity contribution in [3.63, 3.8) is 0 Å². The summed E-state index contributed by atoms with van der Waals surface area (Å²) < 4.78 is 5.27. The highest BCUT2D eigenvalue weighted by Gasteiger charge is 2.07. The van der Waals surface area contributed by atoms with Gasteiger partial charge in [0.05, 0.1) is 5.52 Å². The quantitative estimate of drug-likeness (QED) is 0.608. The lowest BCUT2D eigenvalue weighted by atomic mass is 10.1. The average molecular weight is 350 g/mol. The van der Waals surface area contributed by atoms with Gasteiger partial charge in [0.15, 0.2) is 0 Å². The molecule has 0 saturated heterocycles. The number of ether oxygens (including phenoxy) is 1. The van der Waals surface area contributed by atoms with E-state index in [4.69, 9.17) is 4.74 Å². The fourth-order valence-electron chi connectivity index (χ4n) is 2.60. The number of para-hydroxylation sites is 1. The van der Waals surface area contributed by atoms with E-state index in [1.807, 2.05) is 49.4 Å². The van der Waals surface area contributed by atoms with E-state index in [-0.39, 0.29) is 5.91 Å². The van der Waals surface area contributed by atoms with E-state index < -0.39 is 0 Å². The highest BCUT2D eigenvalue weighted by atomic mass is 16.5. The van der Waals surface area contributed by atoms with E-state index in [1.165, 1.54) is 6.33 Å². The van der Waals surface area contributed by atoms with Crippen LogP contribution in [0.2, 0.25) is 0 Å². The highest BCUT2D eigenvalue weighted by molar-refractivity contribution is 5.96. The Morgan fingerprint density at radius 3 is 2.88 bits per heavy atom. The molecule has 0 unspecified atom stereocenters. The minimum atomic E-state index is -0.0994. The Kier molecular flexibility index (Phi) is 6.11. The zero-order chi connectivity index (χ0) is 18.2. The Labute approximate surface area is 152 Å². The molecule has 0 bridgehead atoms. The Hall–Kier alpha value is -2.99. The SMILES string of the molecule is CCOCCCNC(=O)c1cccc(Nc2ncnc3ccccc23)c1. The molecule has 3 rings (SSSR count). The van der Waals surface area contributed by atoms with Crippen molar-refractivity contribution >= 4 is 28.3 Å². The van der Waals surface area contributed by atoms with Gasteiger partial charge in [-0.05, 0) is 43.7 Å². The second kappa shape index (κ2) is 8.92. The lowest BCUT2D eigenvalue weighted by molar-refractivity contribution is 0.0944. The number of nitrogens with one attached hydrogen (secondary N) is 2. The molecule has 134 valence electrons. The van der Waals surface area contributed by atoms with E-state index in [2.05, 4.69) is 20.6 Å². The summed E-state index contributed by atoms with van der Waals surface area (Å²) >= 11 is 0. The van der Waals surface area contributed by atoms with Crippen molar-refractivity contribution in [1.29, 1.82) is 0 Å². The van der Waals surface area contributed by atoms with Crippen molar-refractivity contribution < 1.29 is 9.53 Å². The van der Waals surface area contributed by atoms with Crippen molar-refractivity contribution in [1.82, 2.24) is 15.3 Å². The number of aromatic nitrogens is 2. The third-order valence-corrected chi connectivity index (χ3v) is 3.89. The normalized spacial score (nSPS) is 10.7. The number of amides is 1. The predicted octanol–water partition coefficient (Wildman–Crippen LogP) is 3.53. The molecule has 0 aliphatic rings. The average Bonchev–Trinajstić information content (AvgIpc) is 2.68. The summed E-state index contributed by atoms with van der Waals surface area (Å²) in [5, 5.41) is 7.11. The maximum Gasteiger partial charge on any atom is 0.251 e. The molecule has 0 aliphatic heterocycles. The molecule has 1 heterocycles. The lowest BCUT2D eigenvalue weighted by Crippen LogP contribution is -2.25. The monoisotopic (exact) mass is 350 g/mol. The van der Waals surface area contributed by atoms with Gasteiger partial charge in [0.1, 0.15) is 12.1 Å². The fraction of sp³-hybridized carbons (Fsp3) is 0.250. The molecule has 3 aromatic rings. The van der Waals surface area contributed by atoms with Crippen LogP contribution in [0.1, 0.15) is 23.7 Å². The van der Waals surface area contributed by atoms with E-state index in [0.29, 0.717) is 31.1 Å². The molecule has 0 aliphatic carbocycles. The first-order valence-electron chi connectivity index (χ1n) is 8.70. The first kappa shape index (κ1) is 17.8. The van der Waals surface area contributed by atoms with Gasteiger partial charge in [0, 0.05) is 36.4 Å². The zero-order valence-electron chi connectivity index (χ0n) is 14.7. The van der Waals surface area contributed by atoms with Crippen LogP contribution in [0.5, 0.6) is 0 Å². The minimum absolute atomic E-state index is 0.0994. The number of rotatable bonds is 8. The van der Waals surface area contributed by atoms with Gasteiger partial charge in [-0.1, -0.05) is 18.2 Å². The lowest BCUT2D eigenvalue weighted by Gasteiger charge is -2.10. The Bertz CT molecular complexity index is 877. The highest BCUT2D eigenvalue weighted by Crippen LogP contribution is 2.23. The van der Waals surface area contributed by atoms with E-state index in [0.717, 1.165) is 23.0 Å². The van der Waals surface area contributed by atoms with Crippen molar-refractivity contribution in [2.45, 2.75) is 13.3 Å². The number of hydrogen-bond donors (Lipinski definition) is 2. The van der Waals surface area contributed by atoms with Crippen LogP contribution in [0.3, 0.4) is 0 Å². The molecule has 0 saturated carbocycles. The molecule has 26 heavy (non-hydrogen) atoms. The molecular formula is C20H22N4O2. The number of nitrogens with zero attached hydrogens (tertiary/aromatic N) is 2. The number of carbonyl (C=O) groups excluding carboxylic acids is 1. The topological polar surface area (TPSA) is 76.1 Å². The maximum atomic E-state index is 12.3. The number of hydrogen-bond acceptors (Lipinski definition) is 5. The van der Waals surface area contributed by atoms with Crippen LogP contribution in [0.4, 0.5) is 11.5 Å². The molecule has 1 aromatic heterocycles. The number of fused-ring (bicyclic) bond motifs is 1. The molecule has 0 spiro atoms. The first-order chi connectivity index (χ1) is 12.8. The Morgan fingerprint density at radius 2 is 2.00 bits per heavy atom. The smallest absolute Gasteiger partial charge is 0.251 e. The van der Waals surface area contributed by atoms with Crippen LogP contribution < -0.4 is 10.6 Å². The standard InChI is InChI=1S/C20H22N4O2/c1-2-26-12-6-11-21-20(25)15-7-5-8-16(13-15)24-19-17-9-3-4-10-18(17)22-14-23-19/h3-5,7-10,13-14H,2,6,11-12H2,1H3,(H,21,25)(H,22,23,24). The fourth-order valence-corrected chi connectivity index (χ4v) is 2.60. The summed E-state index contributed by atoms with van der Waals surface area (Å²) in [5.74, 6) is 0.613. The van der Waals surface area contributed by atoms with Crippen molar-refractivity contribution in [2.24, 2.45) is 0 Å². The number of anilines is 2. The molecule has 1 amide bonds. The minimum Gasteiger partial charge on any atom is -0.382 e. The third-order valence-electron chi connectivity index (χ3n) is 3.89. The van der Waals surface area contributed by atoms with Gasteiger partial charge in [-0.25, -0.2) is 9.97 Å². The zero-order valence-corrected chi connectivity index (χ0v) is 14.7. The predicted molar refractivity (Wildman–Crippen MR) is 103 cm³/mol. The summed E-state index contributed by atoms with van der Waals surface area (Å²) in [5.41, 5.74) is 2.27. The van der Waals surface area contributed by atoms with Gasteiger partial charge in [0.2, 0.25) is 0 Å². The second-order valence-corrected chi connectivity index (χ2v) is 5.75. The van der Waals surface area contributed by atoms with E-state index in [9.17, 15) is 4.79 Å². The molecule has 6 heteroatoms. The van der Waals surface area contributed by atoms with E-state index in [1.54, 1.807) is 6.07 Å². The van der Waals surface area contributed by atoms with Gasteiger partial charge in [0.25, 0.3) is 5.91 Å². The second-order valence-electron chi connectivity index (χ2n) is 5.75. The molecule has 2 N–H and O–H groups in total. The number of benzene rings is 2. The van der Waals surface area contributed by atoms with Crippen molar-refractivity contribution in [2.75, 3.05) is 25.1 Å². The largest absolute Gasteiger partial charge is 0.382 e. The molecule has 6 nitrogen and oxygen atoms in total. The van der Waals surface area contributed by atoms with Crippen molar-refractivity contribution in [3.05, 3.63) is 60.4 Å². The molecule has 0 radical (unpaired) electrons. The summed E-state index contributed by atoms with van der Waals surface area (Å²) in [6.45, 7) is 3.89. The van der Waals surface area contributed by atoms with Gasteiger partial charge in [-0.3, -0.25) is 4.79 Å². The Balaban J connectivity index is 1.68. The van der Waals surface area contributed by atoms with Crippen molar-refractivity contribution in [3.8, 4) is 0 Å². The summed E-state index contributed by atoms with van der Waals surface area (Å²) in [4.78, 5) is 20.9. The third kappa shape index (κ3) is 4.55. The summed E-state index contributed by atoms with van der Waals surface area (Å²) in [6, 6.07) is 15.2. The molecule has 0 atom stereocenters. The first-order valence-corrected chi connectivity index (χ1v) is 8.70. The Morgan fingerprint density at radius 1 is 1.12 bits per heavy atom. The van der Waals surface area contributed by atoms with Crippen LogP contribution in [-0.2, 0) is 4.74 Å². The molecule has 2 aromatic carbocycles. The van der Waals surface area contributed by atoms with Gasteiger partial charge < -0.3 is 15.4 Å². The summed E-state index contributed by atoms with van der Waals surface area (Å²) in [7, 11) is 0. The molecule has 0 fully saturated rings. The van der Waals surface area contributed by atoms with Gasteiger partial charge in [-0.2, -0.15) is 0 Å². The van der Waals surface area contributed by atoms with Gasteiger partial charge >= 0.3 is 0 Å². The maximum absolute atomic E-state index is 12.3. The van der Waals surface area contributed by atoms with Crippen LogP contribution in [0.15, 0.2) is 54.9 Å². The van der Waals surface area contributed by atoms with Crippen LogP contribution in [0, 0.1) is 0 Å². The van der Waals surface area contributed by atoms with E-state index >= 15 is 0 Å². The number of carbonyl (C=O) groups is 1. The van der Waals surface area contributed by atoms with Crippen LogP contribution in [0.25, 0.3) is 10.9 Å². The summed E-state index contributed by atoms with van der Waals surface area (Å²) in [6.07, 6.45) is 2.32. The van der Waals surface area contributed by atoms with Crippen LogP contribution >= 0.6 is 0 Å².